The molecule has 1 fully saturated rings. The van der Waals surface area contributed by atoms with Crippen molar-refractivity contribution >= 4 is 6.08 Å². The molecule has 1 atom stereocenters. The number of hydrogen-bond acceptors (Lipinski definition) is 2. The van der Waals surface area contributed by atoms with E-state index in [-0.39, 0.29) is 11.2 Å². The summed E-state index contributed by atoms with van der Waals surface area (Å²) >= 11 is 0. The number of hydrogen-bond donors (Lipinski definition) is 2. The molecular weight excluding hydrogens is 279 g/mol. The average Bonchev–Trinajstić information content (AvgIpc) is 3.04. The predicted molar refractivity (Wildman–Crippen MR) is 84.6 cm³/mol. The lowest BCUT2D eigenvalue weighted by atomic mass is 9.74. The van der Waals surface area contributed by atoms with Crippen LogP contribution in [0.25, 0.3) is 6.08 Å². The lowest BCUT2D eigenvalue weighted by Gasteiger charge is -2.37. The molecule has 1 aliphatic carbocycles. The summed E-state index contributed by atoms with van der Waals surface area (Å²) in [6.07, 6.45) is 7.66. The first-order valence-corrected chi connectivity index (χ1v) is 7.58. The molecule has 1 unspecified atom stereocenters. The first-order chi connectivity index (χ1) is 10.4. The van der Waals surface area contributed by atoms with Crippen LogP contribution in [0.2, 0.25) is 0 Å². The standard InChI is InChI=1S/C18H21FN2O/c1-17(2)8-7-14(11-13-3-5-15(19)6-4-13)18(17,22)12-16-20-9-10-21-16/h3-6,9-11,22H,7-8,12H2,1-2H3,(H,20,21). The van der Waals surface area contributed by atoms with Crippen LogP contribution in [-0.4, -0.2) is 20.7 Å². The van der Waals surface area contributed by atoms with E-state index in [1.54, 1.807) is 24.5 Å². The Kier molecular flexibility index (Phi) is 3.65. The highest BCUT2D eigenvalue weighted by Crippen LogP contribution is 2.51. The molecule has 1 saturated carbocycles. The average molecular weight is 300 g/mol. The quantitative estimate of drug-likeness (QED) is 0.907. The minimum Gasteiger partial charge on any atom is -0.384 e. The molecular formula is C18H21FN2O. The van der Waals surface area contributed by atoms with Crippen LogP contribution in [0.1, 0.15) is 38.1 Å². The smallest absolute Gasteiger partial charge is 0.123 e. The van der Waals surface area contributed by atoms with Crippen LogP contribution in [0.4, 0.5) is 4.39 Å². The zero-order valence-corrected chi connectivity index (χ0v) is 12.9. The number of nitrogens with one attached hydrogen (secondary N) is 1. The second-order valence-corrected chi connectivity index (χ2v) is 6.68. The highest BCUT2D eigenvalue weighted by molar-refractivity contribution is 5.57. The van der Waals surface area contributed by atoms with Crippen LogP contribution in [0.5, 0.6) is 0 Å². The monoisotopic (exact) mass is 300 g/mol. The third kappa shape index (κ3) is 2.59. The summed E-state index contributed by atoms with van der Waals surface area (Å²) in [5, 5.41) is 11.4. The van der Waals surface area contributed by atoms with Gasteiger partial charge in [0.15, 0.2) is 0 Å². The summed E-state index contributed by atoms with van der Waals surface area (Å²) in [6.45, 7) is 4.17. The van der Waals surface area contributed by atoms with E-state index in [2.05, 4.69) is 23.8 Å². The van der Waals surface area contributed by atoms with Crippen molar-refractivity contribution in [3.8, 4) is 0 Å². The second-order valence-electron chi connectivity index (χ2n) is 6.68. The Morgan fingerprint density at radius 3 is 2.68 bits per heavy atom. The van der Waals surface area contributed by atoms with Crippen LogP contribution >= 0.6 is 0 Å². The van der Waals surface area contributed by atoms with Crippen molar-refractivity contribution in [3.63, 3.8) is 0 Å². The fourth-order valence-corrected chi connectivity index (χ4v) is 3.24. The molecule has 0 aliphatic heterocycles. The van der Waals surface area contributed by atoms with Gasteiger partial charge in [-0.25, -0.2) is 9.37 Å². The number of nitrogens with zero attached hydrogens (tertiary/aromatic N) is 1. The maximum absolute atomic E-state index is 13.0. The number of H-pyrrole nitrogens is 1. The SMILES string of the molecule is CC1(C)CCC(=Cc2ccc(F)cc2)C1(O)Cc1ncc[nH]1. The normalized spacial score (nSPS) is 25.7. The van der Waals surface area contributed by atoms with E-state index in [4.69, 9.17) is 0 Å². The molecule has 116 valence electrons. The molecule has 22 heavy (non-hydrogen) atoms. The van der Waals surface area contributed by atoms with Gasteiger partial charge in [0, 0.05) is 18.8 Å². The van der Waals surface area contributed by atoms with E-state index in [9.17, 15) is 9.50 Å². The number of imidazole rings is 1. The van der Waals surface area contributed by atoms with Gasteiger partial charge in [-0.05, 0) is 41.5 Å². The van der Waals surface area contributed by atoms with E-state index in [0.717, 1.165) is 29.8 Å². The van der Waals surface area contributed by atoms with Crippen LogP contribution in [-0.2, 0) is 6.42 Å². The van der Waals surface area contributed by atoms with Gasteiger partial charge in [0.25, 0.3) is 0 Å². The number of rotatable bonds is 3. The largest absolute Gasteiger partial charge is 0.384 e. The zero-order chi connectivity index (χ0) is 15.8. The Morgan fingerprint density at radius 2 is 2.05 bits per heavy atom. The molecule has 2 N–H and O–H groups in total. The topological polar surface area (TPSA) is 48.9 Å². The molecule has 0 spiro atoms. The first-order valence-electron chi connectivity index (χ1n) is 7.58. The summed E-state index contributed by atoms with van der Waals surface area (Å²) in [7, 11) is 0. The number of aromatic nitrogens is 2. The van der Waals surface area contributed by atoms with Gasteiger partial charge in [0.1, 0.15) is 11.6 Å². The molecule has 0 bridgehead atoms. The minimum absolute atomic E-state index is 0.231. The van der Waals surface area contributed by atoms with Crippen molar-refractivity contribution < 1.29 is 9.50 Å². The second kappa shape index (κ2) is 5.36. The Morgan fingerprint density at radius 1 is 1.32 bits per heavy atom. The van der Waals surface area contributed by atoms with Gasteiger partial charge in [-0.1, -0.05) is 32.1 Å². The third-order valence-electron chi connectivity index (χ3n) is 4.86. The summed E-state index contributed by atoms with van der Waals surface area (Å²) in [4.78, 5) is 7.32. The van der Waals surface area contributed by atoms with Crippen molar-refractivity contribution in [2.24, 2.45) is 5.41 Å². The molecule has 1 aliphatic rings. The maximum Gasteiger partial charge on any atom is 0.123 e. The van der Waals surface area contributed by atoms with Crippen molar-refractivity contribution in [1.29, 1.82) is 0 Å². The highest BCUT2D eigenvalue weighted by atomic mass is 19.1. The molecule has 0 radical (unpaired) electrons. The Hall–Kier alpha value is -1.94. The first kappa shape index (κ1) is 15.0. The third-order valence-corrected chi connectivity index (χ3v) is 4.86. The summed E-state index contributed by atoms with van der Waals surface area (Å²) in [5.74, 6) is 0.530. The number of halogens is 1. The molecule has 3 nitrogen and oxygen atoms in total. The van der Waals surface area contributed by atoms with Gasteiger partial charge in [-0.3, -0.25) is 0 Å². The Balaban J connectivity index is 1.97. The summed E-state index contributed by atoms with van der Waals surface area (Å²) in [6, 6.07) is 6.36. The van der Waals surface area contributed by atoms with Gasteiger partial charge in [-0.2, -0.15) is 0 Å². The number of benzene rings is 1. The number of aromatic amines is 1. The fraction of sp³-hybridized carbons (Fsp3) is 0.389. The van der Waals surface area contributed by atoms with Crippen molar-refractivity contribution in [2.45, 2.75) is 38.7 Å². The highest BCUT2D eigenvalue weighted by Gasteiger charge is 2.51. The molecule has 1 aromatic heterocycles. The molecule has 0 amide bonds. The predicted octanol–water partition coefficient (Wildman–Crippen LogP) is 3.73. The van der Waals surface area contributed by atoms with Gasteiger partial charge in [-0.15, -0.1) is 0 Å². The maximum atomic E-state index is 13.0. The van der Waals surface area contributed by atoms with E-state index < -0.39 is 5.60 Å². The summed E-state index contributed by atoms with van der Waals surface area (Å²) < 4.78 is 13.0. The zero-order valence-electron chi connectivity index (χ0n) is 12.9. The lowest BCUT2D eigenvalue weighted by Crippen LogP contribution is -2.43. The van der Waals surface area contributed by atoms with Crippen molar-refractivity contribution in [3.05, 3.63) is 59.4 Å². The molecule has 4 heteroatoms. The lowest BCUT2D eigenvalue weighted by molar-refractivity contribution is -0.0139. The van der Waals surface area contributed by atoms with Gasteiger partial charge in [0.2, 0.25) is 0 Å². The van der Waals surface area contributed by atoms with Crippen LogP contribution in [0.3, 0.4) is 0 Å². The van der Waals surface area contributed by atoms with E-state index >= 15 is 0 Å². The van der Waals surface area contributed by atoms with E-state index in [0.29, 0.717) is 6.42 Å². The van der Waals surface area contributed by atoms with Gasteiger partial charge in [0.05, 0.1) is 5.60 Å². The molecule has 3 rings (SSSR count). The minimum atomic E-state index is -0.945. The Labute approximate surface area is 129 Å². The van der Waals surface area contributed by atoms with Crippen LogP contribution in [0, 0.1) is 11.2 Å². The van der Waals surface area contributed by atoms with Crippen LogP contribution in [0.15, 0.2) is 42.2 Å². The fourth-order valence-electron chi connectivity index (χ4n) is 3.24. The molecule has 1 heterocycles. The van der Waals surface area contributed by atoms with E-state index in [1.807, 2.05) is 6.08 Å². The van der Waals surface area contributed by atoms with Crippen molar-refractivity contribution in [1.82, 2.24) is 9.97 Å². The summed E-state index contributed by atoms with van der Waals surface area (Å²) in [5.41, 5.74) is 0.720. The van der Waals surface area contributed by atoms with Gasteiger partial charge >= 0.3 is 0 Å². The molecule has 0 saturated heterocycles. The van der Waals surface area contributed by atoms with E-state index in [1.165, 1.54) is 12.1 Å². The Bertz CT molecular complexity index is 674. The van der Waals surface area contributed by atoms with Gasteiger partial charge < -0.3 is 10.1 Å². The molecule has 2 aromatic rings. The number of aliphatic hydroxyl groups is 1. The van der Waals surface area contributed by atoms with Crippen LogP contribution < -0.4 is 0 Å². The van der Waals surface area contributed by atoms with Crippen molar-refractivity contribution in [2.75, 3.05) is 0 Å². The molecule has 1 aromatic carbocycles.